The summed E-state index contributed by atoms with van der Waals surface area (Å²) in [5.41, 5.74) is 0. The number of ether oxygens (including phenoxy) is 2. The van der Waals surface area contributed by atoms with E-state index in [-0.39, 0.29) is 53.7 Å². The van der Waals surface area contributed by atoms with Crippen molar-refractivity contribution in [1.29, 1.82) is 0 Å². The Hall–Kier alpha value is -2.90. The van der Waals surface area contributed by atoms with Crippen LogP contribution in [0.3, 0.4) is 0 Å². The molecule has 0 unspecified atom stereocenters. The summed E-state index contributed by atoms with van der Waals surface area (Å²) < 4.78 is 22.3. The molecule has 1 amide bonds. The molecule has 0 bridgehead atoms. The van der Waals surface area contributed by atoms with Crippen LogP contribution in [0.4, 0.5) is 0 Å². The number of furan rings is 2. The van der Waals surface area contributed by atoms with Crippen molar-refractivity contribution in [1.82, 2.24) is 5.32 Å². The molecule has 2 saturated carbocycles. The van der Waals surface area contributed by atoms with Gasteiger partial charge in [-0.2, -0.15) is 0 Å². The highest BCUT2D eigenvalue weighted by molar-refractivity contribution is 6.42. The van der Waals surface area contributed by atoms with E-state index in [0.717, 1.165) is 17.9 Å². The molecule has 9 heteroatoms. The molecular weight excluding hydrogens is 481 g/mol. The molecule has 178 valence electrons. The van der Waals surface area contributed by atoms with Crippen molar-refractivity contribution in [3.8, 4) is 5.75 Å². The number of hydrogen-bond acceptors (Lipinski definition) is 6. The van der Waals surface area contributed by atoms with Crippen molar-refractivity contribution < 1.29 is 27.9 Å². The van der Waals surface area contributed by atoms with Crippen LogP contribution in [0, 0.1) is 11.8 Å². The average Bonchev–Trinajstić information content (AvgIpc) is 3.68. The number of rotatable bonds is 10. The Labute approximate surface area is 206 Å². The van der Waals surface area contributed by atoms with E-state index in [9.17, 15) is 9.59 Å². The van der Waals surface area contributed by atoms with Crippen LogP contribution in [-0.4, -0.2) is 31.1 Å². The van der Waals surface area contributed by atoms with Gasteiger partial charge in [-0.05, 0) is 49.2 Å². The van der Waals surface area contributed by atoms with Gasteiger partial charge in [0.25, 0.3) is 0 Å². The van der Waals surface area contributed by atoms with Crippen LogP contribution in [0.5, 0.6) is 5.75 Å². The Kier molecular flexibility index (Phi) is 6.57. The zero-order valence-electron chi connectivity index (χ0n) is 18.1. The van der Waals surface area contributed by atoms with Gasteiger partial charge in [-0.3, -0.25) is 9.59 Å². The minimum absolute atomic E-state index is 0.0104. The molecule has 2 aliphatic carbocycles. The molecule has 0 spiro atoms. The summed E-state index contributed by atoms with van der Waals surface area (Å²) in [6.45, 7) is 0.124. The zero-order valence-corrected chi connectivity index (χ0v) is 19.6. The number of halogens is 2. The summed E-state index contributed by atoms with van der Waals surface area (Å²) in [5.74, 6) is 1.17. The molecule has 2 aromatic heterocycles. The van der Waals surface area contributed by atoms with E-state index >= 15 is 0 Å². The molecule has 0 saturated heterocycles. The second-order valence-corrected chi connectivity index (χ2v) is 9.38. The van der Waals surface area contributed by atoms with E-state index in [0.29, 0.717) is 17.2 Å². The molecule has 7 nitrogen and oxygen atoms in total. The summed E-state index contributed by atoms with van der Waals surface area (Å²) in [7, 11) is 0. The van der Waals surface area contributed by atoms with Crippen LogP contribution in [0.2, 0.25) is 10.0 Å². The molecule has 5 atom stereocenters. The lowest BCUT2D eigenvalue weighted by molar-refractivity contribution is -0.152. The maximum atomic E-state index is 12.8. The minimum Gasteiger partial charge on any atom is -0.488 e. The number of amides is 1. The largest absolute Gasteiger partial charge is 0.488 e. The molecule has 3 aromatic rings. The molecule has 5 rings (SSSR count). The highest BCUT2D eigenvalue weighted by Gasteiger charge is 2.48. The lowest BCUT2D eigenvalue weighted by Gasteiger charge is -2.20. The fourth-order valence-corrected chi connectivity index (χ4v) is 4.43. The number of nitrogens with one attached hydrogen (secondary N) is 1. The van der Waals surface area contributed by atoms with Crippen molar-refractivity contribution in [2.75, 3.05) is 13.2 Å². The van der Waals surface area contributed by atoms with Gasteiger partial charge in [-0.25, -0.2) is 0 Å². The Morgan fingerprint density at radius 2 is 1.65 bits per heavy atom. The molecule has 2 heterocycles. The van der Waals surface area contributed by atoms with E-state index in [4.69, 9.17) is 41.5 Å². The fourth-order valence-electron chi connectivity index (χ4n) is 4.08. The highest BCUT2D eigenvalue weighted by Crippen LogP contribution is 2.49. The summed E-state index contributed by atoms with van der Waals surface area (Å²) in [6, 6.07) is 12.4. The Morgan fingerprint density at radius 1 is 0.971 bits per heavy atom. The maximum Gasteiger partial charge on any atom is 0.310 e. The first-order valence-electron chi connectivity index (χ1n) is 11.1. The molecule has 1 N–H and O–H groups in total. The van der Waals surface area contributed by atoms with Gasteiger partial charge in [0.2, 0.25) is 5.91 Å². The first kappa shape index (κ1) is 22.9. The van der Waals surface area contributed by atoms with Gasteiger partial charge < -0.3 is 23.6 Å². The second kappa shape index (κ2) is 9.76. The molecule has 0 radical (unpaired) electrons. The first-order valence-corrected chi connectivity index (χ1v) is 11.9. The second-order valence-electron chi connectivity index (χ2n) is 8.60. The predicted octanol–water partition coefficient (Wildman–Crippen LogP) is 5.19. The van der Waals surface area contributed by atoms with Gasteiger partial charge in [0.15, 0.2) is 6.10 Å². The van der Waals surface area contributed by atoms with Gasteiger partial charge in [0.1, 0.15) is 28.9 Å². The number of carbonyl (C=O) groups is 2. The summed E-state index contributed by atoms with van der Waals surface area (Å²) in [6.07, 6.45) is 3.88. The molecule has 2 fully saturated rings. The average molecular weight is 504 g/mol. The van der Waals surface area contributed by atoms with Crippen molar-refractivity contribution in [2.45, 2.75) is 30.8 Å². The van der Waals surface area contributed by atoms with Crippen molar-refractivity contribution >= 4 is 35.1 Å². The smallest absolute Gasteiger partial charge is 0.310 e. The molecule has 0 aliphatic heterocycles. The van der Waals surface area contributed by atoms with Crippen LogP contribution in [-0.2, 0) is 14.3 Å². The molecule has 2 aliphatic rings. The number of esters is 1. The molecule has 34 heavy (non-hydrogen) atoms. The normalized spacial score (nSPS) is 23.7. The third-order valence-electron chi connectivity index (χ3n) is 6.17. The highest BCUT2D eigenvalue weighted by atomic mass is 35.5. The van der Waals surface area contributed by atoms with Crippen LogP contribution < -0.4 is 10.1 Å². The fraction of sp³-hybridized carbons (Fsp3) is 0.360. The van der Waals surface area contributed by atoms with Gasteiger partial charge >= 0.3 is 5.97 Å². The standard InChI is InChI=1S/C25H23Cl2NO6/c26-19-4-1-5-22(23(19)27)33-13-14(34-25(30)18-11-16(18)21-7-3-9-32-21)12-28-24(29)17-10-15(17)20-6-2-8-31-20/h1-9,14-18H,10-13H2,(H,28,29)/t14-,15+,16+,17-,18-/m1/s1. The van der Waals surface area contributed by atoms with E-state index in [1.165, 1.54) is 0 Å². The number of hydrogen-bond donors (Lipinski definition) is 1. The van der Waals surface area contributed by atoms with E-state index in [1.807, 2.05) is 18.2 Å². The third kappa shape index (κ3) is 5.10. The summed E-state index contributed by atoms with van der Waals surface area (Å²) in [4.78, 5) is 25.4. The van der Waals surface area contributed by atoms with Crippen LogP contribution in [0.25, 0.3) is 0 Å². The lowest BCUT2D eigenvalue weighted by Crippen LogP contribution is -2.39. The summed E-state index contributed by atoms with van der Waals surface area (Å²) >= 11 is 12.3. The predicted molar refractivity (Wildman–Crippen MR) is 124 cm³/mol. The molecular formula is C25H23Cl2NO6. The van der Waals surface area contributed by atoms with E-state index in [2.05, 4.69) is 5.32 Å². The number of carbonyl (C=O) groups excluding carboxylic acids is 2. The maximum absolute atomic E-state index is 12.8. The Morgan fingerprint density at radius 3 is 2.32 bits per heavy atom. The monoisotopic (exact) mass is 503 g/mol. The Bertz CT molecular complexity index is 1150. The molecule has 1 aromatic carbocycles. The van der Waals surface area contributed by atoms with Gasteiger partial charge in [0.05, 0.1) is 30.0 Å². The summed E-state index contributed by atoms with van der Waals surface area (Å²) in [5, 5.41) is 3.52. The zero-order chi connectivity index (χ0) is 23.7. The van der Waals surface area contributed by atoms with Gasteiger partial charge in [-0.1, -0.05) is 29.3 Å². The minimum atomic E-state index is -0.704. The van der Waals surface area contributed by atoms with Gasteiger partial charge in [0, 0.05) is 17.8 Å². The van der Waals surface area contributed by atoms with E-state index in [1.54, 1.807) is 36.8 Å². The van der Waals surface area contributed by atoms with Crippen molar-refractivity contribution in [3.05, 3.63) is 76.6 Å². The SMILES string of the molecule is O=C(NC[C@H](COc1cccc(Cl)c1Cl)OC(=O)[C@@H]1C[C@@H]1c1ccco1)[C@@H]1C[C@@H]1c1ccco1. The Balaban J connectivity index is 1.19. The number of benzene rings is 1. The van der Waals surface area contributed by atoms with Crippen LogP contribution >= 0.6 is 23.2 Å². The lowest BCUT2D eigenvalue weighted by atomic mass is 10.2. The topological polar surface area (TPSA) is 90.9 Å². The van der Waals surface area contributed by atoms with Gasteiger partial charge in [-0.15, -0.1) is 0 Å². The van der Waals surface area contributed by atoms with Crippen molar-refractivity contribution in [3.63, 3.8) is 0 Å². The van der Waals surface area contributed by atoms with Crippen molar-refractivity contribution in [2.24, 2.45) is 11.8 Å². The van der Waals surface area contributed by atoms with Crippen LogP contribution in [0.15, 0.2) is 63.8 Å². The third-order valence-corrected chi connectivity index (χ3v) is 6.97. The van der Waals surface area contributed by atoms with Crippen LogP contribution in [0.1, 0.15) is 36.2 Å². The first-order chi connectivity index (χ1) is 16.5. The quantitative estimate of drug-likeness (QED) is 0.382. The van der Waals surface area contributed by atoms with E-state index < -0.39 is 6.10 Å².